The highest BCUT2D eigenvalue weighted by Gasteiger charge is 2.34. The zero-order valence-electron chi connectivity index (χ0n) is 13.1. The van der Waals surface area contributed by atoms with E-state index >= 15 is 0 Å². The molecule has 0 atom stereocenters. The van der Waals surface area contributed by atoms with Crippen LogP contribution in [0.4, 0.5) is 0 Å². The van der Waals surface area contributed by atoms with Gasteiger partial charge in [-0.2, -0.15) is 5.10 Å². The van der Waals surface area contributed by atoms with Crippen LogP contribution in [-0.4, -0.2) is 34.7 Å². The van der Waals surface area contributed by atoms with Gasteiger partial charge in [0.2, 0.25) is 0 Å². The van der Waals surface area contributed by atoms with Crippen LogP contribution in [-0.2, 0) is 15.6 Å². The molecule has 0 aliphatic heterocycles. The standard InChI is InChI=1S/C17H22N2O3S/c20-17(9-2-1-3-10-17)14-23(21,22)13-15-5-7-16(8-6-15)19-12-4-11-18-19/h4-8,11-12,20H,1-3,9-10,13-14H2. The number of nitrogens with zero attached hydrogens (tertiary/aromatic N) is 2. The van der Waals surface area contributed by atoms with Crippen molar-refractivity contribution in [1.29, 1.82) is 0 Å². The highest BCUT2D eigenvalue weighted by Crippen LogP contribution is 2.30. The molecule has 1 aliphatic rings. The summed E-state index contributed by atoms with van der Waals surface area (Å²) in [6.07, 6.45) is 7.61. The Morgan fingerprint density at radius 2 is 1.83 bits per heavy atom. The summed E-state index contributed by atoms with van der Waals surface area (Å²) in [5.74, 6) is -0.171. The summed E-state index contributed by atoms with van der Waals surface area (Å²) < 4.78 is 26.5. The van der Waals surface area contributed by atoms with Crippen LogP contribution in [0, 0.1) is 0 Å². The molecule has 23 heavy (non-hydrogen) atoms. The van der Waals surface area contributed by atoms with Gasteiger partial charge in [-0.15, -0.1) is 0 Å². The van der Waals surface area contributed by atoms with Gasteiger partial charge in [-0.05, 0) is 36.6 Å². The maximum absolute atomic E-state index is 12.4. The third kappa shape index (κ3) is 4.20. The quantitative estimate of drug-likeness (QED) is 0.912. The minimum Gasteiger partial charge on any atom is -0.389 e. The fraction of sp³-hybridized carbons (Fsp3) is 0.471. The first kappa shape index (κ1) is 16.2. The maximum Gasteiger partial charge on any atom is 0.157 e. The summed E-state index contributed by atoms with van der Waals surface area (Å²) in [6.45, 7) is 0. The van der Waals surface area contributed by atoms with Gasteiger partial charge >= 0.3 is 0 Å². The molecule has 6 heteroatoms. The van der Waals surface area contributed by atoms with Crippen LogP contribution < -0.4 is 0 Å². The predicted molar refractivity (Wildman–Crippen MR) is 89.1 cm³/mol. The van der Waals surface area contributed by atoms with E-state index in [9.17, 15) is 13.5 Å². The lowest BCUT2D eigenvalue weighted by molar-refractivity contribution is 0.0257. The maximum atomic E-state index is 12.4. The summed E-state index contributed by atoms with van der Waals surface area (Å²) >= 11 is 0. The van der Waals surface area contributed by atoms with Crippen molar-refractivity contribution in [1.82, 2.24) is 9.78 Å². The molecule has 1 heterocycles. The minimum absolute atomic E-state index is 0.0330. The fourth-order valence-corrected chi connectivity index (χ4v) is 5.14. The van der Waals surface area contributed by atoms with E-state index < -0.39 is 15.4 Å². The van der Waals surface area contributed by atoms with Gasteiger partial charge in [0, 0.05) is 12.4 Å². The van der Waals surface area contributed by atoms with Gasteiger partial charge in [0.1, 0.15) is 0 Å². The average Bonchev–Trinajstić information content (AvgIpc) is 3.01. The van der Waals surface area contributed by atoms with E-state index in [1.54, 1.807) is 23.0 Å². The third-order valence-corrected chi connectivity index (χ3v) is 6.12. The summed E-state index contributed by atoms with van der Waals surface area (Å²) in [5, 5.41) is 14.6. The van der Waals surface area contributed by atoms with Gasteiger partial charge in [-0.1, -0.05) is 31.4 Å². The van der Waals surface area contributed by atoms with E-state index in [0.717, 1.165) is 30.5 Å². The molecule has 0 saturated heterocycles. The smallest absolute Gasteiger partial charge is 0.157 e. The van der Waals surface area contributed by atoms with E-state index in [1.165, 1.54) is 0 Å². The van der Waals surface area contributed by atoms with Crippen molar-refractivity contribution in [3.63, 3.8) is 0 Å². The molecule has 1 aromatic heterocycles. The molecule has 0 unspecified atom stereocenters. The van der Waals surface area contributed by atoms with Gasteiger partial charge in [0.25, 0.3) is 0 Å². The second-order valence-electron chi connectivity index (χ2n) is 6.43. The average molecular weight is 334 g/mol. The number of aliphatic hydroxyl groups is 1. The van der Waals surface area contributed by atoms with Crippen molar-refractivity contribution in [3.05, 3.63) is 48.3 Å². The Kier molecular flexibility index (Phi) is 4.55. The van der Waals surface area contributed by atoms with E-state index in [1.807, 2.05) is 24.4 Å². The van der Waals surface area contributed by atoms with Crippen LogP contribution in [0.3, 0.4) is 0 Å². The first-order chi connectivity index (χ1) is 11.0. The molecule has 0 radical (unpaired) electrons. The normalized spacial score (nSPS) is 18.0. The van der Waals surface area contributed by atoms with Crippen molar-refractivity contribution in [2.75, 3.05) is 5.75 Å². The number of hydrogen-bond acceptors (Lipinski definition) is 4. The summed E-state index contributed by atoms with van der Waals surface area (Å²) in [5.41, 5.74) is 0.592. The van der Waals surface area contributed by atoms with Crippen LogP contribution in [0.25, 0.3) is 5.69 Å². The Labute approximate surface area is 136 Å². The Hall–Kier alpha value is -1.66. The lowest BCUT2D eigenvalue weighted by atomic mass is 9.86. The van der Waals surface area contributed by atoms with Crippen molar-refractivity contribution >= 4 is 9.84 Å². The summed E-state index contributed by atoms with van der Waals surface area (Å²) in [6, 6.07) is 9.16. The van der Waals surface area contributed by atoms with Gasteiger partial charge in [-0.25, -0.2) is 13.1 Å². The van der Waals surface area contributed by atoms with Gasteiger partial charge in [0.15, 0.2) is 9.84 Å². The molecule has 3 rings (SSSR count). The van der Waals surface area contributed by atoms with Gasteiger partial charge in [0.05, 0.1) is 22.8 Å². The number of aromatic nitrogens is 2. The molecule has 0 bridgehead atoms. The molecule has 1 aromatic carbocycles. The lowest BCUT2D eigenvalue weighted by Gasteiger charge is -2.31. The topological polar surface area (TPSA) is 72.2 Å². The SMILES string of the molecule is O=S(=O)(Cc1ccc(-n2cccn2)cc1)CC1(O)CCCCC1. The molecular weight excluding hydrogens is 312 g/mol. The molecule has 2 aromatic rings. The van der Waals surface area contributed by atoms with Gasteiger partial charge < -0.3 is 5.11 Å². The van der Waals surface area contributed by atoms with E-state index in [2.05, 4.69) is 5.10 Å². The fourth-order valence-electron chi connectivity index (χ4n) is 3.24. The molecular formula is C17H22N2O3S. The molecule has 0 spiro atoms. The lowest BCUT2D eigenvalue weighted by Crippen LogP contribution is -2.39. The molecule has 1 N–H and O–H groups in total. The molecule has 5 nitrogen and oxygen atoms in total. The summed E-state index contributed by atoms with van der Waals surface area (Å²) in [4.78, 5) is 0. The van der Waals surface area contributed by atoms with Crippen LogP contribution in [0.2, 0.25) is 0 Å². The number of rotatable bonds is 5. The molecule has 1 fully saturated rings. The highest BCUT2D eigenvalue weighted by molar-refractivity contribution is 7.90. The monoisotopic (exact) mass is 334 g/mol. The zero-order chi connectivity index (χ0) is 16.3. The van der Waals surface area contributed by atoms with Crippen molar-refractivity contribution in [3.8, 4) is 5.69 Å². The van der Waals surface area contributed by atoms with E-state index in [-0.39, 0.29) is 11.5 Å². The van der Waals surface area contributed by atoms with Crippen LogP contribution in [0.1, 0.15) is 37.7 Å². The minimum atomic E-state index is -3.33. The molecule has 1 saturated carbocycles. The highest BCUT2D eigenvalue weighted by atomic mass is 32.2. The Morgan fingerprint density at radius 3 is 2.43 bits per heavy atom. The second kappa shape index (κ2) is 6.45. The van der Waals surface area contributed by atoms with E-state index in [0.29, 0.717) is 12.8 Å². The number of sulfone groups is 1. The number of benzene rings is 1. The Bertz CT molecular complexity index is 731. The summed E-state index contributed by atoms with van der Waals surface area (Å²) in [7, 11) is -3.33. The first-order valence-electron chi connectivity index (χ1n) is 7.98. The van der Waals surface area contributed by atoms with Crippen molar-refractivity contribution in [2.24, 2.45) is 0 Å². The zero-order valence-corrected chi connectivity index (χ0v) is 13.9. The van der Waals surface area contributed by atoms with Crippen molar-refractivity contribution < 1.29 is 13.5 Å². The Morgan fingerprint density at radius 1 is 1.13 bits per heavy atom. The predicted octanol–water partition coefficient (Wildman–Crippen LogP) is 2.48. The van der Waals surface area contributed by atoms with Crippen LogP contribution >= 0.6 is 0 Å². The molecule has 124 valence electrons. The van der Waals surface area contributed by atoms with E-state index in [4.69, 9.17) is 0 Å². The Balaban J connectivity index is 1.68. The molecule has 1 aliphatic carbocycles. The second-order valence-corrected chi connectivity index (χ2v) is 8.50. The van der Waals surface area contributed by atoms with Crippen LogP contribution in [0.15, 0.2) is 42.7 Å². The largest absolute Gasteiger partial charge is 0.389 e. The molecule has 0 amide bonds. The third-order valence-electron chi connectivity index (χ3n) is 4.36. The van der Waals surface area contributed by atoms with Crippen LogP contribution in [0.5, 0.6) is 0 Å². The number of hydrogen-bond donors (Lipinski definition) is 1. The van der Waals surface area contributed by atoms with Crippen molar-refractivity contribution in [2.45, 2.75) is 43.5 Å². The van der Waals surface area contributed by atoms with Gasteiger partial charge in [-0.3, -0.25) is 0 Å². The first-order valence-corrected chi connectivity index (χ1v) is 9.80.